The second kappa shape index (κ2) is 10.5. The van der Waals surface area contributed by atoms with Gasteiger partial charge in [-0.15, -0.1) is 0 Å². The minimum absolute atomic E-state index is 0.00904. The quantitative estimate of drug-likeness (QED) is 0.321. The van der Waals surface area contributed by atoms with Crippen molar-refractivity contribution in [1.82, 2.24) is 15.2 Å². The monoisotopic (exact) mass is 449 g/mol. The molecule has 0 bridgehead atoms. The zero-order chi connectivity index (χ0) is 22.3. The highest BCUT2D eigenvalue weighted by Crippen LogP contribution is 2.27. The van der Waals surface area contributed by atoms with Crippen molar-refractivity contribution in [2.75, 3.05) is 19.6 Å². The molecule has 0 saturated carbocycles. The lowest BCUT2D eigenvalue weighted by Gasteiger charge is -2.28. The van der Waals surface area contributed by atoms with Gasteiger partial charge in [0, 0.05) is 17.9 Å². The van der Waals surface area contributed by atoms with Crippen LogP contribution in [0.5, 0.6) is 0 Å². The first-order chi connectivity index (χ1) is 15.7. The molecule has 0 saturated heterocycles. The van der Waals surface area contributed by atoms with Crippen LogP contribution in [0.3, 0.4) is 0 Å². The first kappa shape index (κ1) is 22.2. The molecule has 2 heterocycles. The van der Waals surface area contributed by atoms with Gasteiger partial charge in [-0.3, -0.25) is 9.69 Å². The molecule has 0 aliphatic heterocycles. The molecule has 166 valence electrons. The number of nitrogens with zero attached hydrogens (tertiary/aromatic N) is 2. The van der Waals surface area contributed by atoms with Gasteiger partial charge in [0.15, 0.2) is 5.58 Å². The summed E-state index contributed by atoms with van der Waals surface area (Å²) in [5.41, 5.74) is 3.20. The molecule has 1 atom stereocenters. The maximum Gasteiger partial charge on any atom is 0.257 e. The van der Waals surface area contributed by atoms with E-state index in [1.165, 1.54) is 11.8 Å². The van der Waals surface area contributed by atoms with E-state index in [4.69, 9.17) is 8.83 Å². The van der Waals surface area contributed by atoms with Crippen LogP contribution in [-0.2, 0) is 5.75 Å². The zero-order valence-corrected chi connectivity index (χ0v) is 19.1. The average molecular weight is 450 g/mol. The van der Waals surface area contributed by atoms with E-state index in [1.54, 1.807) is 6.26 Å². The van der Waals surface area contributed by atoms with Crippen LogP contribution in [0.15, 0.2) is 81.0 Å². The molecule has 0 spiro atoms. The van der Waals surface area contributed by atoms with E-state index in [0.717, 1.165) is 35.5 Å². The van der Waals surface area contributed by atoms with Crippen LogP contribution >= 0.6 is 11.8 Å². The van der Waals surface area contributed by atoms with Crippen LogP contribution in [0.2, 0.25) is 0 Å². The van der Waals surface area contributed by atoms with Crippen molar-refractivity contribution in [2.45, 2.75) is 30.9 Å². The smallest absolute Gasteiger partial charge is 0.257 e. The number of hydrogen-bond acceptors (Lipinski definition) is 6. The standard InChI is InChI=1S/C25H27N3O3S/c1-3-28(4-2)21(23-14-9-15-30-23)16-26-24(29)19-11-6-5-10-18(19)17-32-25-27-20-12-7-8-13-22(20)31-25/h5-15,21H,3-4,16-17H2,1-2H3,(H,26,29). The molecule has 7 heteroatoms. The van der Waals surface area contributed by atoms with Gasteiger partial charge in [0.2, 0.25) is 0 Å². The van der Waals surface area contributed by atoms with E-state index in [1.807, 2.05) is 60.7 Å². The normalized spacial score (nSPS) is 12.3. The first-order valence-corrected chi connectivity index (χ1v) is 11.8. The third-order valence-electron chi connectivity index (χ3n) is 5.47. The number of para-hydroxylation sites is 2. The van der Waals surface area contributed by atoms with Gasteiger partial charge in [-0.2, -0.15) is 0 Å². The van der Waals surface area contributed by atoms with Crippen molar-refractivity contribution < 1.29 is 13.6 Å². The van der Waals surface area contributed by atoms with Gasteiger partial charge < -0.3 is 14.2 Å². The number of oxazole rings is 1. The van der Waals surface area contributed by atoms with Crippen LogP contribution in [0, 0.1) is 0 Å². The molecule has 4 rings (SSSR count). The fraction of sp³-hybridized carbons (Fsp3) is 0.280. The van der Waals surface area contributed by atoms with Crippen molar-refractivity contribution >= 4 is 28.8 Å². The van der Waals surface area contributed by atoms with Crippen molar-refractivity contribution in [2.24, 2.45) is 0 Å². The molecule has 4 aromatic rings. The summed E-state index contributed by atoms with van der Waals surface area (Å²) in [5.74, 6) is 1.35. The topological polar surface area (TPSA) is 71.5 Å². The lowest BCUT2D eigenvalue weighted by Crippen LogP contribution is -2.38. The molecular weight excluding hydrogens is 422 g/mol. The summed E-state index contributed by atoms with van der Waals surface area (Å²) in [7, 11) is 0. The summed E-state index contributed by atoms with van der Waals surface area (Å²) in [4.78, 5) is 19.9. The Kier molecular flexibility index (Phi) is 7.29. The largest absolute Gasteiger partial charge is 0.468 e. The number of aromatic nitrogens is 1. The van der Waals surface area contributed by atoms with E-state index in [9.17, 15) is 4.79 Å². The van der Waals surface area contributed by atoms with E-state index in [0.29, 0.717) is 23.1 Å². The molecule has 2 aromatic carbocycles. The number of nitrogens with one attached hydrogen (secondary N) is 1. The van der Waals surface area contributed by atoms with E-state index in [-0.39, 0.29) is 11.9 Å². The molecule has 0 aliphatic rings. The lowest BCUT2D eigenvalue weighted by molar-refractivity contribution is 0.0929. The lowest BCUT2D eigenvalue weighted by atomic mass is 10.1. The SMILES string of the molecule is CCN(CC)C(CNC(=O)c1ccccc1CSc1nc2ccccc2o1)c1ccco1. The predicted octanol–water partition coefficient (Wildman–Crippen LogP) is 5.53. The summed E-state index contributed by atoms with van der Waals surface area (Å²) >= 11 is 1.48. The number of fused-ring (bicyclic) bond motifs is 1. The predicted molar refractivity (Wildman–Crippen MR) is 127 cm³/mol. The van der Waals surface area contributed by atoms with Crippen molar-refractivity contribution in [3.8, 4) is 0 Å². The van der Waals surface area contributed by atoms with E-state index in [2.05, 4.69) is 29.0 Å². The summed E-state index contributed by atoms with van der Waals surface area (Å²) < 4.78 is 11.4. The summed E-state index contributed by atoms with van der Waals surface area (Å²) in [5, 5.41) is 3.71. The molecule has 32 heavy (non-hydrogen) atoms. The van der Waals surface area contributed by atoms with Crippen LogP contribution in [0.25, 0.3) is 11.1 Å². The molecule has 0 aliphatic carbocycles. The fourth-order valence-electron chi connectivity index (χ4n) is 3.76. The Morgan fingerprint density at radius 1 is 1.06 bits per heavy atom. The van der Waals surface area contributed by atoms with Crippen LogP contribution in [0.4, 0.5) is 0 Å². The number of hydrogen-bond donors (Lipinski definition) is 1. The Morgan fingerprint density at radius 3 is 2.59 bits per heavy atom. The highest BCUT2D eigenvalue weighted by atomic mass is 32.2. The third kappa shape index (κ3) is 5.06. The maximum atomic E-state index is 13.1. The van der Waals surface area contributed by atoms with E-state index < -0.39 is 0 Å². The summed E-state index contributed by atoms with van der Waals surface area (Å²) in [6, 6.07) is 19.2. The Morgan fingerprint density at radius 2 is 1.84 bits per heavy atom. The van der Waals surface area contributed by atoms with Crippen LogP contribution < -0.4 is 5.32 Å². The molecule has 1 unspecified atom stereocenters. The van der Waals surface area contributed by atoms with Gasteiger partial charge in [-0.25, -0.2) is 4.98 Å². The van der Waals surface area contributed by atoms with Gasteiger partial charge in [0.05, 0.1) is 12.3 Å². The number of benzene rings is 2. The molecule has 6 nitrogen and oxygen atoms in total. The van der Waals surface area contributed by atoms with Crippen LogP contribution in [-0.4, -0.2) is 35.4 Å². The van der Waals surface area contributed by atoms with Gasteiger partial charge in [-0.1, -0.05) is 55.9 Å². The van der Waals surface area contributed by atoms with Crippen LogP contribution in [0.1, 0.15) is 41.6 Å². The Hall–Kier alpha value is -3.03. The number of amides is 1. The van der Waals surface area contributed by atoms with Crippen molar-refractivity contribution in [1.29, 1.82) is 0 Å². The minimum atomic E-state index is -0.0949. The fourth-order valence-corrected chi connectivity index (χ4v) is 4.60. The number of thioether (sulfide) groups is 1. The number of likely N-dealkylation sites (N-methyl/N-ethyl adjacent to an activating group) is 1. The van der Waals surface area contributed by atoms with Gasteiger partial charge in [-0.05, 0) is 49.0 Å². The van der Waals surface area contributed by atoms with Crippen molar-refractivity contribution in [3.63, 3.8) is 0 Å². The summed E-state index contributed by atoms with van der Waals surface area (Å²) in [6.45, 7) is 6.44. The molecule has 0 fully saturated rings. The first-order valence-electron chi connectivity index (χ1n) is 10.8. The van der Waals surface area contributed by atoms with Gasteiger partial charge >= 0.3 is 0 Å². The number of furan rings is 1. The minimum Gasteiger partial charge on any atom is -0.468 e. The Balaban J connectivity index is 1.44. The second-order valence-electron chi connectivity index (χ2n) is 7.36. The van der Waals surface area contributed by atoms with Gasteiger partial charge in [0.1, 0.15) is 11.3 Å². The molecule has 2 aromatic heterocycles. The molecular formula is C25H27N3O3S. The Labute approximate surface area is 192 Å². The maximum absolute atomic E-state index is 13.1. The third-order valence-corrected chi connectivity index (χ3v) is 6.35. The second-order valence-corrected chi connectivity index (χ2v) is 8.28. The molecule has 1 amide bonds. The number of carbonyl (C=O) groups excluding carboxylic acids is 1. The highest BCUT2D eigenvalue weighted by molar-refractivity contribution is 7.98. The number of carbonyl (C=O) groups is 1. The van der Waals surface area contributed by atoms with E-state index >= 15 is 0 Å². The van der Waals surface area contributed by atoms with Gasteiger partial charge in [0.25, 0.3) is 11.1 Å². The Bertz CT molecular complexity index is 1120. The average Bonchev–Trinajstić information content (AvgIpc) is 3.50. The van der Waals surface area contributed by atoms with Crippen molar-refractivity contribution in [3.05, 3.63) is 83.8 Å². The molecule has 0 radical (unpaired) electrons. The number of rotatable bonds is 10. The summed E-state index contributed by atoms with van der Waals surface area (Å²) in [6.07, 6.45) is 1.67. The highest BCUT2D eigenvalue weighted by Gasteiger charge is 2.22. The zero-order valence-electron chi connectivity index (χ0n) is 18.3. The molecule has 1 N–H and O–H groups in total.